The first kappa shape index (κ1) is 12.6. The summed E-state index contributed by atoms with van der Waals surface area (Å²) in [6, 6.07) is 9.59. The molecule has 1 aliphatic carbocycles. The molecule has 1 N–H and O–H groups in total. The van der Waals surface area contributed by atoms with Crippen LogP contribution in [0, 0.1) is 0 Å². The molecule has 1 aliphatic rings. The van der Waals surface area contributed by atoms with E-state index in [1.54, 1.807) is 0 Å². The molecule has 0 aromatic heterocycles. The number of nitrogens with zero attached hydrogens (tertiary/aromatic N) is 1. The highest BCUT2D eigenvalue weighted by Crippen LogP contribution is 2.29. The Bertz CT molecular complexity index is 440. The van der Waals surface area contributed by atoms with Gasteiger partial charge in [-0.05, 0) is 25.3 Å². The zero-order valence-corrected chi connectivity index (χ0v) is 10.4. The zero-order chi connectivity index (χ0) is 13.1. The number of carbonyl (C=O) groups excluding carboxylic acids is 1. The van der Waals surface area contributed by atoms with Gasteiger partial charge in [-0.3, -0.25) is 9.59 Å². The number of carbonyl (C=O) groups is 2. The molecule has 0 unspecified atom stereocenters. The molecular formula is C14H17NO3. The maximum Gasteiger partial charge on any atom is 0.323 e. The Hall–Kier alpha value is -1.84. The van der Waals surface area contributed by atoms with Crippen molar-refractivity contribution in [3.8, 4) is 0 Å². The van der Waals surface area contributed by atoms with Gasteiger partial charge < -0.3 is 10.0 Å². The van der Waals surface area contributed by atoms with Crippen LogP contribution in [-0.4, -0.2) is 34.5 Å². The summed E-state index contributed by atoms with van der Waals surface area (Å²) in [5, 5.41) is 8.87. The third kappa shape index (κ3) is 2.88. The molecule has 1 amide bonds. The van der Waals surface area contributed by atoms with E-state index in [2.05, 4.69) is 0 Å². The molecule has 1 saturated carbocycles. The molecule has 1 atom stereocenters. The van der Waals surface area contributed by atoms with E-state index in [1.807, 2.05) is 37.3 Å². The first-order valence-electron chi connectivity index (χ1n) is 6.17. The first-order chi connectivity index (χ1) is 8.59. The molecule has 1 aromatic rings. The topological polar surface area (TPSA) is 57.6 Å². The van der Waals surface area contributed by atoms with E-state index in [9.17, 15) is 9.59 Å². The Morgan fingerprint density at radius 2 is 1.94 bits per heavy atom. The van der Waals surface area contributed by atoms with Gasteiger partial charge >= 0.3 is 5.97 Å². The summed E-state index contributed by atoms with van der Waals surface area (Å²) in [5.41, 5.74) is 0.929. The fourth-order valence-electron chi connectivity index (χ4n) is 2.05. The molecule has 0 bridgehead atoms. The van der Waals surface area contributed by atoms with Gasteiger partial charge in [-0.15, -0.1) is 0 Å². The van der Waals surface area contributed by atoms with Crippen LogP contribution < -0.4 is 0 Å². The maximum absolute atomic E-state index is 12.3. The van der Waals surface area contributed by atoms with E-state index in [0.29, 0.717) is 0 Å². The van der Waals surface area contributed by atoms with E-state index in [1.165, 1.54) is 4.90 Å². The van der Waals surface area contributed by atoms with Gasteiger partial charge in [0.15, 0.2) is 0 Å². The fraction of sp³-hybridized carbons (Fsp3) is 0.429. The Labute approximate surface area is 106 Å². The van der Waals surface area contributed by atoms with Crippen molar-refractivity contribution in [1.29, 1.82) is 0 Å². The summed E-state index contributed by atoms with van der Waals surface area (Å²) in [6.07, 6.45) is 1.83. The number of hydrogen-bond donors (Lipinski definition) is 1. The molecular weight excluding hydrogens is 230 g/mol. The number of carboxylic acids is 1. The van der Waals surface area contributed by atoms with Gasteiger partial charge in [0.25, 0.3) is 0 Å². The van der Waals surface area contributed by atoms with Crippen LogP contribution in [0.2, 0.25) is 0 Å². The van der Waals surface area contributed by atoms with Gasteiger partial charge in [-0.2, -0.15) is 0 Å². The van der Waals surface area contributed by atoms with Crippen LogP contribution in [0.1, 0.15) is 31.2 Å². The van der Waals surface area contributed by atoms with Crippen LogP contribution in [0.15, 0.2) is 30.3 Å². The second-order valence-corrected chi connectivity index (χ2v) is 4.72. The molecule has 0 radical (unpaired) electrons. The van der Waals surface area contributed by atoms with E-state index < -0.39 is 5.97 Å². The van der Waals surface area contributed by atoms with Crippen LogP contribution in [-0.2, 0) is 9.59 Å². The maximum atomic E-state index is 12.3. The second kappa shape index (κ2) is 5.21. The van der Waals surface area contributed by atoms with Gasteiger partial charge in [0, 0.05) is 6.04 Å². The van der Waals surface area contributed by atoms with Crippen LogP contribution in [0.25, 0.3) is 0 Å². The van der Waals surface area contributed by atoms with Crippen molar-refractivity contribution in [2.75, 3.05) is 6.54 Å². The van der Waals surface area contributed by atoms with Crippen LogP contribution >= 0.6 is 0 Å². The van der Waals surface area contributed by atoms with Gasteiger partial charge in [-0.25, -0.2) is 0 Å². The minimum Gasteiger partial charge on any atom is -0.480 e. The molecule has 0 heterocycles. The van der Waals surface area contributed by atoms with Crippen LogP contribution in [0.5, 0.6) is 0 Å². The lowest BCUT2D eigenvalue weighted by Crippen LogP contribution is -2.39. The lowest BCUT2D eigenvalue weighted by Gasteiger charge is -2.24. The molecule has 2 rings (SSSR count). The quantitative estimate of drug-likeness (QED) is 0.864. The Morgan fingerprint density at radius 1 is 1.33 bits per heavy atom. The molecule has 1 aromatic carbocycles. The lowest BCUT2D eigenvalue weighted by molar-refractivity contribution is -0.145. The summed E-state index contributed by atoms with van der Waals surface area (Å²) in [7, 11) is 0. The number of amides is 1. The van der Waals surface area contributed by atoms with Crippen molar-refractivity contribution in [2.45, 2.75) is 31.7 Å². The number of hydrogen-bond acceptors (Lipinski definition) is 2. The predicted octanol–water partition coefficient (Wildman–Crippen LogP) is 1.87. The first-order valence-corrected chi connectivity index (χ1v) is 6.17. The smallest absolute Gasteiger partial charge is 0.323 e. The molecule has 0 spiro atoms. The van der Waals surface area contributed by atoms with Gasteiger partial charge in [-0.1, -0.05) is 30.3 Å². The minimum atomic E-state index is -0.949. The third-order valence-electron chi connectivity index (χ3n) is 3.25. The third-order valence-corrected chi connectivity index (χ3v) is 3.25. The number of aliphatic carboxylic acids is 1. The lowest BCUT2D eigenvalue weighted by atomic mass is 10.00. The highest BCUT2D eigenvalue weighted by molar-refractivity contribution is 5.87. The number of rotatable bonds is 5. The van der Waals surface area contributed by atoms with Gasteiger partial charge in [0.2, 0.25) is 5.91 Å². The molecule has 96 valence electrons. The number of carboxylic acid groups (broad SMARTS) is 1. The van der Waals surface area contributed by atoms with Crippen molar-refractivity contribution < 1.29 is 14.7 Å². The monoisotopic (exact) mass is 247 g/mol. The fourth-order valence-corrected chi connectivity index (χ4v) is 2.05. The molecule has 1 fully saturated rings. The van der Waals surface area contributed by atoms with E-state index in [-0.39, 0.29) is 24.4 Å². The molecule has 4 nitrogen and oxygen atoms in total. The van der Waals surface area contributed by atoms with Crippen LogP contribution in [0.4, 0.5) is 0 Å². The largest absolute Gasteiger partial charge is 0.480 e. The highest BCUT2D eigenvalue weighted by Gasteiger charge is 2.35. The molecule has 18 heavy (non-hydrogen) atoms. The van der Waals surface area contributed by atoms with Crippen molar-refractivity contribution >= 4 is 11.9 Å². The van der Waals surface area contributed by atoms with Crippen LogP contribution in [0.3, 0.4) is 0 Å². The molecule has 4 heteroatoms. The Kier molecular flexibility index (Phi) is 3.65. The molecule has 0 aliphatic heterocycles. The van der Waals surface area contributed by atoms with Gasteiger partial charge in [0.05, 0.1) is 5.92 Å². The average Bonchev–Trinajstić information content (AvgIpc) is 3.19. The van der Waals surface area contributed by atoms with E-state index in [4.69, 9.17) is 5.11 Å². The highest BCUT2D eigenvalue weighted by atomic mass is 16.4. The summed E-state index contributed by atoms with van der Waals surface area (Å²) >= 11 is 0. The minimum absolute atomic E-state index is 0.0916. The average molecular weight is 247 g/mol. The van der Waals surface area contributed by atoms with Crippen molar-refractivity contribution in [1.82, 2.24) is 4.90 Å². The zero-order valence-electron chi connectivity index (χ0n) is 10.4. The summed E-state index contributed by atoms with van der Waals surface area (Å²) < 4.78 is 0. The van der Waals surface area contributed by atoms with Crippen molar-refractivity contribution in [3.63, 3.8) is 0 Å². The normalized spacial score (nSPS) is 16.1. The Morgan fingerprint density at radius 3 is 2.44 bits per heavy atom. The van der Waals surface area contributed by atoms with Crippen molar-refractivity contribution in [2.24, 2.45) is 0 Å². The van der Waals surface area contributed by atoms with E-state index >= 15 is 0 Å². The number of benzene rings is 1. The SMILES string of the molecule is C[C@@H](C(=O)N(CC(=O)O)C1CC1)c1ccccc1. The summed E-state index contributed by atoms with van der Waals surface area (Å²) in [6.45, 7) is 1.63. The standard InChI is InChI=1S/C14H17NO3/c1-10(11-5-3-2-4-6-11)14(18)15(9-13(16)17)12-7-8-12/h2-6,10,12H,7-9H2,1H3,(H,16,17)/t10-/m1/s1. The van der Waals surface area contributed by atoms with Gasteiger partial charge in [0.1, 0.15) is 6.54 Å². The summed E-state index contributed by atoms with van der Waals surface area (Å²) in [5.74, 6) is -1.33. The van der Waals surface area contributed by atoms with E-state index in [0.717, 1.165) is 18.4 Å². The summed E-state index contributed by atoms with van der Waals surface area (Å²) in [4.78, 5) is 24.6. The second-order valence-electron chi connectivity index (χ2n) is 4.72. The Balaban J connectivity index is 2.10. The van der Waals surface area contributed by atoms with Crippen molar-refractivity contribution in [3.05, 3.63) is 35.9 Å². The molecule has 0 saturated heterocycles. The predicted molar refractivity (Wildman–Crippen MR) is 67.2 cm³/mol.